The lowest BCUT2D eigenvalue weighted by Gasteiger charge is -2.37. The average Bonchev–Trinajstić information content (AvgIpc) is 3.08. The van der Waals surface area contributed by atoms with Gasteiger partial charge in [0, 0.05) is 60.4 Å². The maximum Gasteiger partial charge on any atom is 0.325 e. The Bertz CT molecular complexity index is 996. The van der Waals surface area contributed by atoms with E-state index in [1.54, 1.807) is 12.3 Å². The number of aromatic amines is 1. The molecule has 1 aromatic heterocycles. The molecule has 3 aromatic rings. The van der Waals surface area contributed by atoms with Gasteiger partial charge in [0.2, 0.25) is 0 Å². The molecule has 0 spiro atoms. The van der Waals surface area contributed by atoms with Gasteiger partial charge in [-0.3, -0.25) is 14.6 Å². The van der Waals surface area contributed by atoms with Crippen LogP contribution < -0.4 is 0 Å². The fraction of sp³-hybridized carbons (Fsp3) is 0.286. The summed E-state index contributed by atoms with van der Waals surface area (Å²) in [5, 5.41) is 12.0. The third kappa shape index (κ3) is 3.89. The fourth-order valence-electron chi connectivity index (χ4n) is 3.94. The Morgan fingerprint density at radius 3 is 2.57 bits per heavy atom. The van der Waals surface area contributed by atoms with E-state index in [0.717, 1.165) is 41.1 Å². The molecule has 146 valence electrons. The number of aromatic nitrogens is 1. The number of hydrogen-bond donors (Lipinski definition) is 2. The number of fused-ring (bicyclic) bond motifs is 1. The lowest BCUT2D eigenvalue weighted by Crippen LogP contribution is -2.48. The largest absolute Gasteiger partial charge is 0.480 e. The predicted octanol–water partition coefficient (Wildman–Crippen LogP) is 4.42. The minimum atomic E-state index is -0.857. The smallest absolute Gasteiger partial charge is 0.325 e. The number of carboxylic acids is 1. The lowest BCUT2D eigenvalue weighted by molar-refractivity contribution is -0.144. The van der Waals surface area contributed by atoms with Crippen molar-refractivity contribution in [2.75, 3.05) is 26.2 Å². The quantitative estimate of drug-likeness (QED) is 0.644. The SMILES string of the molecule is O=C(O)[C@H](c1c[nH]c2cccc(Cl)c12)N1CCN(Cc2cccc(Cl)c2)CC1. The molecule has 2 aromatic carbocycles. The van der Waals surface area contributed by atoms with Gasteiger partial charge in [0.25, 0.3) is 0 Å². The van der Waals surface area contributed by atoms with Crippen LogP contribution in [0.4, 0.5) is 0 Å². The molecule has 1 fully saturated rings. The summed E-state index contributed by atoms with van der Waals surface area (Å²) in [6.45, 7) is 3.76. The number of nitrogens with zero attached hydrogens (tertiary/aromatic N) is 2. The van der Waals surface area contributed by atoms with Gasteiger partial charge < -0.3 is 10.1 Å². The van der Waals surface area contributed by atoms with Crippen LogP contribution in [-0.4, -0.2) is 52.0 Å². The number of carbonyl (C=O) groups is 1. The number of halogens is 2. The van der Waals surface area contributed by atoms with Crippen molar-refractivity contribution in [1.29, 1.82) is 0 Å². The van der Waals surface area contributed by atoms with Crippen molar-refractivity contribution in [3.63, 3.8) is 0 Å². The number of H-pyrrole nitrogens is 1. The van der Waals surface area contributed by atoms with Crippen LogP contribution in [0.25, 0.3) is 10.9 Å². The number of benzene rings is 2. The molecule has 0 radical (unpaired) electrons. The van der Waals surface area contributed by atoms with Crippen LogP contribution >= 0.6 is 23.2 Å². The first-order valence-electron chi connectivity index (χ1n) is 9.22. The van der Waals surface area contributed by atoms with E-state index in [0.29, 0.717) is 18.1 Å². The van der Waals surface area contributed by atoms with Crippen LogP contribution in [0, 0.1) is 0 Å². The van der Waals surface area contributed by atoms with Gasteiger partial charge in [-0.1, -0.05) is 41.4 Å². The molecule has 0 amide bonds. The summed E-state index contributed by atoms with van der Waals surface area (Å²) in [6.07, 6.45) is 1.77. The highest BCUT2D eigenvalue weighted by Gasteiger charge is 2.32. The Balaban J connectivity index is 1.50. The van der Waals surface area contributed by atoms with Gasteiger partial charge in [0.15, 0.2) is 0 Å². The molecule has 7 heteroatoms. The molecule has 2 heterocycles. The zero-order chi connectivity index (χ0) is 19.7. The maximum absolute atomic E-state index is 12.1. The van der Waals surface area contributed by atoms with Gasteiger partial charge in [0.1, 0.15) is 6.04 Å². The van der Waals surface area contributed by atoms with E-state index < -0.39 is 12.0 Å². The summed E-state index contributed by atoms with van der Waals surface area (Å²) in [6, 6.07) is 12.7. The van der Waals surface area contributed by atoms with Crippen LogP contribution in [-0.2, 0) is 11.3 Å². The molecular formula is C21H21Cl2N3O2. The molecule has 5 nitrogen and oxygen atoms in total. The van der Waals surface area contributed by atoms with Crippen molar-refractivity contribution in [1.82, 2.24) is 14.8 Å². The molecule has 1 saturated heterocycles. The van der Waals surface area contributed by atoms with Crippen LogP contribution in [0.5, 0.6) is 0 Å². The highest BCUT2D eigenvalue weighted by molar-refractivity contribution is 6.35. The van der Waals surface area contributed by atoms with Gasteiger partial charge in [-0.15, -0.1) is 0 Å². The van der Waals surface area contributed by atoms with Gasteiger partial charge in [-0.25, -0.2) is 0 Å². The molecule has 28 heavy (non-hydrogen) atoms. The summed E-state index contributed by atoms with van der Waals surface area (Å²) in [7, 11) is 0. The Labute approximate surface area is 173 Å². The van der Waals surface area contributed by atoms with Crippen LogP contribution in [0.3, 0.4) is 0 Å². The second-order valence-corrected chi connectivity index (χ2v) is 7.93. The van der Waals surface area contributed by atoms with Gasteiger partial charge >= 0.3 is 5.97 Å². The number of carboxylic acid groups (broad SMARTS) is 1. The molecule has 1 atom stereocenters. The lowest BCUT2D eigenvalue weighted by atomic mass is 10.0. The molecule has 2 N–H and O–H groups in total. The third-order valence-corrected chi connectivity index (χ3v) is 5.83. The van der Waals surface area contributed by atoms with Gasteiger partial charge in [-0.2, -0.15) is 0 Å². The first kappa shape index (κ1) is 19.3. The number of hydrogen-bond acceptors (Lipinski definition) is 3. The molecule has 1 aliphatic rings. The highest BCUT2D eigenvalue weighted by Crippen LogP contribution is 2.34. The third-order valence-electron chi connectivity index (χ3n) is 5.28. The molecule has 4 rings (SSSR count). The Morgan fingerprint density at radius 1 is 1.11 bits per heavy atom. The minimum absolute atomic E-state index is 0.569. The first-order chi connectivity index (χ1) is 13.5. The zero-order valence-electron chi connectivity index (χ0n) is 15.2. The van der Waals surface area contributed by atoms with Crippen molar-refractivity contribution in [3.05, 3.63) is 69.8 Å². The summed E-state index contributed by atoms with van der Waals surface area (Å²) in [5.41, 5.74) is 2.74. The van der Waals surface area contributed by atoms with Crippen LogP contribution in [0.2, 0.25) is 10.0 Å². The number of rotatable bonds is 5. The molecule has 1 aliphatic heterocycles. The highest BCUT2D eigenvalue weighted by atomic mass is 35.5. The maximum atomic E-state index is 12.1. The Morgan fingerprint density at radius 2 is 1.86 bits per heavy atom. The predicted molar refractivity (Wildman–Crippen MR) is 112 cm³/mol. The molecule has 0 aliphatic carbocycles. The average molecular weight is 418 g/mol. The van der Waals surface area contributed by atoms with E-state index in [1.807, 2.05) is 35.2 Å². The molecular weight excluding hydrogens is 397 g/mol. The normalized spacial score (nSPS) is 17.1. The number of nitrogens with one attached hydrogen (secondary N) is 1. The Hall–Kier alpha value is -2.05. The molecule has 0 bridgehead atoms. The van der Waals surface area contributed by atoms with Gasteiger partial charge in [0.05, 0.1) is 5.02 Å². The summed E-state index contributed by atoms with van der Waals surface area (Å²) < 4.78 is 0. The van der Waals surface area contributed by atoms with Crippen LogP contribution in [0.15, 0.2) is 48.7 Å². The summed E-state index contributed by atoms with van der Waals surface area (Å²) in [5.74, 6) is -0.857. The number of piperazine rings is 1. The van der Waals surface area contributed by atoms with Crippen molar-refractivity contribution in [3.8, 4) is 0 Å². The topological polar surface area (TPSA) is 59.6 Å². The van der Waals surface area contributed by atoms with E-state index in [9.17, 15) is 9.90 Å². The fourth-order valence-corrected chi connectivity index (χ4v) is 4.44. The summed E-state index contributed by atoms with van der Waals surface area (Å²) in [4.78, 5) is 19.6. The van der Waals surface area contributed by atoms with E-state index >= 15 is 0 Å². The minimum Gasteiger partial charge on any atom is -0.480 e. The standard InChI is InChI=1S/C21H21Cl2N3O2/c22-15-4-1-3-14(11-15)13-25-7-9-26(10-8-25)20(21(27)28)16-12-24-18-6-2-5-17(23)19(16)18/h1-6,11-12,20,24H,7-10,13H2,(H,27,28)/t20-/m0/s1. The Kier molecular flexibility index (Phi) is 5.60. The second kappa shape index (κ2) is 8.13. The van der Waals surface area contributed by atoms with E-state index in [-0.39, 0.29) is 0 Å². The molecule has 0 saturated carbocycles. The first-order valence-corrected chi connectivity index (χ1v) is 9.97. The monoisotopic (exact) mass is 417 g/mol. The van der Waals surface area contributed by atoms with E-state index in [4.69, 9.17) is 23.2 Å². The second-order valence-electron chi connectivity index (χ2n) is 7.09. The van der Waals surface area contributed by atoms with Crippen molar-refractivity contribution < 1.29 is 9.90 Å². The van der Waals surface area contributed by atoms with E-state index in [2.05, 4.69) is 16.0 Å². The van der Waals surface area contributed by atoms with E-state index in [1.165, 1.54) is 5.56 Å². The summed E-state index contributed by atoms with van der Waals surface area (Å²) >= 11 is 12.4. The van der Waals surface area contributed by atoms with Crippen molar-refractivity contribution in [2.24, 2.45) is 0 Å². The van der Waals surface area contributed by atoms with Crippen LogP contribution in [0.1, 0.15) is 17.2 Å². The zero-order valence-corrected chi connectivity index (χ0v) is 16.7. The van der Waals surface area contributed by atoms with Crippen molar-refractivity contribution in [2.45, 2.75) is 12.6 Å². The van der Waals surface area contributed by atoms with Crippen molar-refractivity contribution >= 4 is 40.1 Å². The van der Waals surface area contributed by atoms with Gasteiger partial charge in [-0.05, 0) is 29.8 Å². The number of aliphatic carboxylic acids is 1. The molecule has 0 unspecified atom stereocenters.